The van der Waals surface area contributed by atoms with E-state index in [0.29, 0.717) is 0 Å². The lowest BCUT2D eigenvalue weighted by molar-refractivity contribution is 0.112. The van der Waals surface area contributed by atoms with Crippen molar-refractivity contribution < 1.29 is 4.79 Å². The zero-order valence-electron chi connectivity index (χ0n) is 10.7. The minimum Gasteiger partial charge on any atom is -0.347 e. The molecule has 0 aliphatic heterocycles. The van der Waals surface area contributed by atoms with Crippen LogP contribution in [0.2, 0.25) is 0 Å². The van der Waals surface area contributed by atoms with Gasteiger partial charge in [-0.05, 0) is 31.9 Å². The minimum absolute atomic E-state index is 0.811. The highest BCUT2D eigenvalue weighted by molar-refractivity contribution is 5.85. The first-order valence-electron chi connectivity index (χ1n) is 5.75. The minimum atomic E-state index is 0.811. The normalized spacial score (nSPS) is 10.6. The number of nitrogens with zero attached hydrogens (tertiary/aromatic N) is 1. The highest BCUT2D eigenvalue weighted by Crippen LogP contribution is 2.31. The second-order valence-corrected chi connectivity index (χ2v) is 4.46. The van der Waals surface area contributed by atoms with Crippen LogP contribution in [0.15, 0.2) is 24.3 Å². The first-order chi connectivity index (χ1) is 8.07. The van der Waals surface area contributed by atoms with Crippen molar-refractivity contribution in [1.82, 2.24) is 4.57 Å². The molecule has 0 atom stereocenters. The van der Waals surface area contributed by atoms with Crippen molar-refractivity contribution in [3.8, 4) is 11.3 Å². The van der Waals surface area contributed by atoms with Gasteiger partial charge in [0.2, 0.25) is 0 Å². The Morgan fingerprint density at radius 2 is 1.76 bits per heavy atom. The molecule has 0 unspecified atom stereocenters. The molecule has 1 aromatic heterocycles. The van der Waals surface area contributed by atoms with Gasteiger partial charge in [-0.2, -0.15) is 0 Å². The molecular weight excluding hydrogens is 210 g/mol. The lowest BCUT2D eigenvalue weighted by Gasteiger charge is -2.09. The molecule has 0 N–H and O–H groups in total. The highest BCUT2D eigenvalue weighted by atomic mass is 16.1. The van der Waals surface area contributed by atoms with Gasteiger partial charge in [-0.15, -0.1) is 0 Å². The Hall–Kier alpha value is -1.83. The van der Waals surface area contributed by atoms with Crippen molar-refractivity contribution in [3.05, 3.63) is 46.6 Å². The van der Waals surface area contributed by atoms with Gasteiger partial charge < -0.3 is 4.57 Å². The predicted molar refractivity (Wildman–Crippen MR) is 70.4 cm³/mol. The molecule has 2 aromatic rings. The standard InChI is InChI=1S/C15H17NO/c1-10-7-5-6-8-13(10)15-11(2)14(9-17)12(3)16(15)4/h5-9H,1-4H3. The fourth-order valence-corrected chi connectivity index (χ4v) is 2.39. The summed E-state index contributed by atoms with van der Waals surface area (Å²) in [7, 11) is 2.01. The van der Waals surface area contributed by atoms with Crippen LogP contribution in [-0.4, -0.2) is 10.9 Å². The van der Waals surface area contributed by atoms with E-state index in [1.54, 1.807) is 0 Å². The number of carbonyl (C=O) groups excluding carboxylic acids is 1. The average Bonchev–Trinajstić information content (AvgIpc) is 2.52. The molecule has 1 heterocycles. The van der Waals surface area contributed by atoms with Crippen molar-refractivity contribution >= 4 is 6.29 Å². The number of hydrogen-bond acceptors (Lipinski definition) is 1. The predicted octanol–water partition coefficient (Wildman–Crippen LogP) is 3.43. The summed E-state index contributed by atoms with van der Waals surface area (Å²) in [6.07, 6.45) is 0.951. The fraction of sp³-hybridized carbons (Fsp3) is 0.267. The summed E-state index contributed by atoms with van der Waals surface area (Å²) >= 11 is 0. The Bertz CT molecular complexity index is 579. The quantitative estimate of drug-likeness (QED) is 0.720. The molecule has 2 nitrogen and oxygen atoms in total. The zero-order valence-corrected chi connectivity index (χ0v) is 10.7. The molecule has 0 saturated heterocycles. The largest absolute Gasteiger partial charge is 0.347 e. The molecular formula is C15H17NO. The molecule has 2 heteroatoms. The van der Waals surface area contributed by atoms with E-state index in [1.807, 2.05) is 33.0 Å². The first kappa shape index (κ1) is 11.6. The summed E-state index contributed by atoms with van der Waals surface area (Å²) < 4.78 is 2.10. The third-order valence-electron chi connectivity index (χ3n) is 3.51. The lowest BCUT2D eigenvalue weighted by atomic mass is 10.0. The van der Waals surface area contributed by atoms with Gasteiger partial charge >= 0.3 is 0 Å². The molecule has 0 radical (unpaired) electrons. The van der Waals surface area contributed by atoms with Crippen LogP contribution >= 0.6 is 0 Å². The smallest absolute Gasteiger partial charge is 0.152 e. The Labute approximate surface area is 102 Å². The van der Waals surface area contributed by atoms with Gasteiger partial charge in [-0.1, -0.05) is 24.3 Å². The Morgan fingerprint density at radius 3 is 2.29 bits per heavy atom. The van der Waals surface area contributed by atoms with Crippen LogP contribution in [0.1, 0.15) is 27.2 Å². The summed E-state index contributed by atoms with van der Waals surface area (Å²) in [6, 6.07) is 8.26. The number of carbonyl (C=O) groups is 1. The SMILES string of the molecule is Cc1ccccc1-c1c(C)c(C=O)c(C)n1C. The molecule has 0 amide bonds. The van der Waals surface area contributed by atoms with Gasteiger partial charge in [0.25, 0.3) is 0 Å². The second kappa shape index (κ2) is 4.21. The average molecular weight is 227 g/mol. The number of hydrogen-bond donors (Lipinski definition) is 0. The van der Waals surface area contributed by atoms with Crippen LogP contribution in [0.4, 0.5) is 0 Å². The van der Waals surface area contributed by atoms with Crippen LogP contribution in [0, 0.1) is 20.8 Å². The third kappa shape index (κ3) is 1.70. The van der Waals surface area contributed by atoms with Crippen molar-refractivity contribution in [3.63, 3.8) is 0 Å². The summed E-state index contributed by atoms with van der Waals surface area (Å²) in [6.45, 7) is 6.09. The summed E-state index contributed by atoms with van der Waals surface area (Å²) in [5.41, 5.74) is 6.47. The maximum atomic E-state index is 11.1. The highest BCUT2D eigenvalue weighted by Gasteiger charge is 2.16. The van der Waals surface area contributed by atoms with E-state index in [1.165, 1.54) is 11.1 Å². The summed E-state index contributed by atoms with van der Waals surface area (Å²) in [5.74, 6) is 0. The van der Waals surface area contributed by atoms with E-state index >= 15 is 0 Å². The molecule has 0 fully saturated rings. The summed E-state index contributed by atoms with van der Waals surface area (Å²) in [5, 5.41) is 0. The number of aromatic nitrogens is 1. The van der Waals surface area contributed by atoms with Gasteiger partial charge in [-0.25, -0.2) is 0 Å². The number of rotatable bonds is 2. The van der Waals surface area contributed by atoms with E-state index in [9.17, 15) is 4.79 Å². The third-order valence-corrected chi connectivity index (χ3v) is 3.51. The van der Waals surface area contributed by atoms with Crippen LogP contribution in [0.3, 0.4) is 0 Å². The topological polar surface area (TPSA) is 22.0 Å². The fourth-order valence-electron chi connectivity index (χ4n) is 2.39. The number of aldehydes is 1. The van der Waals surface area contributed by atoms with Gasteiger partial charge in [0.1, 0.15) is 0 Å². The van der Waals surface area contributed by atoms with Gasteiger partial charge in [-0.3, -0.25) is 4.79 Å². The van der Waals surface area contributed by atoms with Gasteiger partial charge in [0.15, 0.2) is 6.29 Å². The van der Waals surface area contributed by atoms with Crippen LogP contribution in [-0.2, 0) is 7.05 Å². The molecule has 2 rings (SSSR count). The molecule has 0 spiro atoms. The van der Waals surface area contributed by atoms with Crippen LogP contribution in [0.25, 0.3) is 11.3 Å². The van der Waals surface area contributed by atoms with Crippen LogP contribution < -0.4 is 0 Å². The molecule has 17 heavy (non-hydrogen) atoms. The number of aryl methyl sites for hydroxylation is 1. The van der Waals surface area contributed by atoms with Gasteiger partial charge in [0.05, 0.1) is 5.69 Å². The van der Waals surface area contributed by atoms with Crippen molar-refractivity contribution in [1.29, 1.82) is 0 Å². The van der Waals surface area contributed by atoms with E-state index in [0.717, 1.165) is 28.8 Å². The van der Waals surface area contributed by atoms with Crippen LogP contribution in [0.5, 0.6) is 0 Å². The Kier molecular flexibility index (Phi) is 2.88. The molecule has 0 bridgehead atoms. The zero-order chi connectivity index (χ0) is 12.6. The Morgan fingerprint density at radius 1 is 1.12 bits per heavy atom. The maximum absolute atomic E-state index is 11.1. The van der Waals surface area contributed by atoms with E-state index in [-0.39, 0.29) is 0 Å². The van der Waals surface area contributed by atoms with E-state index < -0.39 is 0 Å². The van der Waals surface area contributed by atoms with Crippen molar-refractivity contribution in [2.75, 3.05) is 0 Å². The summed E-state index contributed by atoms with van der Waals surface area (Å²) in [4.78, 5) is 11.1. The van der Waals surface area contributed by atoms with E-state index in [2.05, 4.69) is 23.6 Å². The second-order valence-electron chi connectivity index (χ2n) is 4.46. The molecule has 1 aromatic carbocycles. The van der Waals surface area contributed by atoms with Crippen molar-refractivity contribution in [2.45, 2.75) is 20.8 Å². The van der Waals surface area contributed by atoms with Crippen molar-refractivity contribution in [2.24, 2.45) is 7.05 Å². The maximum Gasteiger partial charge on any atom is 0.152 e. The first-order valence-corrected chi connectivity index (χ1v) is 5.75. The Balaban J connectivity index is 2.77. The van der Waals surface area contributed by atoms with Gasteiger partial charge in [0, 0.05) is 23.9 Å². The molecule has 88 valence electrons. The lowest BCUT2D eigenvalue weighted by Crippen LogP contribution is -1.96. The monoisotopic (exact) mass is 227 g/mol. The van der Waals surface area contributed by atoms with E-state index in [4.69, 9.17) is 0 Å². The molecule has 0 saturated carbocycles. The molecule has 0 aliphatic rings. The molecule has 0 aliphatic carbocycles. The number of benzene rings is 1.